The van der Waals surface area contributed by atoms with E-state index < -0.39 is 0 Å². The van der Waals surface area contributed by atoms with E-state index in [1.807, 2.05) is 12.1 Å². The van der Waals surface area contributed by atoms with Crippen LogP contribution in [0.3, 0.4) is 0 Å². The van der Waals surface area contributed by atoms with Crippen molar-refractivity contribution in [3.63, 3.8) is 0 Å². The fraction of sp³-hybridized carbons (Fsp3) is 0.688. The molecule has 2 aliphatic rings. The Hall–Kier alpha value is -0.620. The number of hydrogen-bond acceptors (Lipinski definition) is 4. The third-order valence-electron chi connectivity index (χ3n) is 4.55. The van der Waals surface area contributed by atoms with Gasteiger partial charge in [0.15, 0.2) is 0 Å². The first-order valence-electron chi connectivity index (χ1n) is 8.10. The number of hydrogen-bond donors (Lipinski definition) is 0. The van der Waals surface area contributed by atoms with Crippen molar-refractivity contribution in [2.24, 2.45) is 0 Å². The summed E-state index contributed by atoms with van der Waals surface area (Å²) in [6, 6.07) is 4.03. The summed E-state index contributed by atoms with van der Waals surface area (Å²) in [6.45, 7) is 5.63. The molecule has 0 N–H and O–H groups in total. The third kappa shape index (κ3) is 4.02. The first-order chi connectivity index (χ1) is 10.7. The van der Waals surface area contributed by atoms with Crippen LogP contribution in [0.2, 0.25) is 4.34 Å². The number of ether oxygens (including phenoxy) is 1. The molecule has 122 valence electrons. The first kappa shape index (κ1) is 16.2. The van der Waals surface area contributed by atoms with Gasteiger partial charge in [-0.3, -0.25) is 9.69 Å². The van der Waals surface area contributed by atoms with Crippen molar-refractivity contribution >= 4 is 28.8 Å². The normalized spacial score (nSPS) is 23.7. The quantitative estimate of drug-likeness (QED) is 0.842. The molecule has 0 saturated carbocycles. The molecular weight excluding hydrogens is 320 g/mol. The minimum absolute atomic E-state index is 0.156. The summed E-state index contributed by atoms with van der Waals surface area (Å²) in [7, 11) is 0. The zero-order chi connectivity index (χ0) is 15.4. The Balaban J connectivity index is 1.59. The minimum Gasteiger partial charge on any atom is -0.379 e. The van der Waals surface area contributed by atoms with Crippen molar-refractivity contribution in [1.82, 2.24) is 9.80 Å². The summed E-state index contributed by atoms with van der Waals surface area (Å²) >= 11 is 7.36. The molecular formula is C16H23ClN2O2S. The predicted octanol–water partition coefficient (Wildman–Crippen LogP) is 3.12. The van der Waals surface area contributed by atoms with Crippen LogP contribution in [0.1, 0.15) is 35.4 Å². The highest BCUT2D eigenvalue weighted by molar-refractivity contribution is 7.17. The second-order valence-corrected chi connectivity index (χ2v) is 7.71. The van der Waals surface area contributed by atoms with Gasteiger partial charge >= 0.3 is 0 Å². The molecule has 0 bridgehead atoms. The smallest absolute Gasteiger partial charge is 0.264 e. The summed E-state index contributed by atoms with van der Waals surface area (Å²) < 4.78 is 6.08. The van der Waals surface area contributed by atoms with Crippen LogP contribution in [0, 0.1) is 0 Å². The topological polar surface area (TPSA) is 32.8 Å². The van der Waals surface area contributed by atoms with Gasteiger partial charge in [0.05, 0.1) is 22.4 Å². The highest BCUT2D eigenvalue weighted by atomic mass is 35.5. The molecule has 22 heavy (non-hydrogen) atoms. The average Bonchev–Trinajstić information content (AvgIpc) is 3.00. The summed E-state index contributed by atoms with van der Waals surface area (Å²) in [6.07, 6.45) is 4.52. The monoisotopic (exact) mass is 342 g/mol. The van der Waals surface area contributed by atoms with E-state index in [1.165, 1.54) is 17.8 Å². The fourth-order valence-electron chi connectivity index (χ4n) is 3.30. The lowest BCUT2D eigenvalue weighted by Crippen LogP contribution is -2.46. The Kier molecular flexibility index (Phi) is 5.74. The van der Waals surface area contributed by atoms with Crippen LogP contribution < -0.4 is 0 Å². The van der Waals surface area contributed by atoms with Gasteiger partial charge in [-0.05, 0) is 37.8 Å². The maximum Gasteiger partial charge on any atom is 0.264 e. The van der Waals surface area contributed by atoms with E-state index in [1.54, 1.807) is 0 Å². The molecule has 4 nitrogen and oxygen atoms in total. The Morgan fingerprint density at radius 3 is 2.82 bits per heavy atom. The van der Waals surface area contributed by atoms with E-state index in [4.69, 9.17) is 16.3 Å². The summed E-state index contributed by atoms with van der Waals surface area (Å²) in [4.78, 5) is 18.0. The zero-order valence-electron chi connectivity index (χ0n) is 12.8. The number of carbonyl (C=O) groups excluding carboxylic acids is 1. The standard InChI is InChI=1S/C16H23ClN2O2S/c17-15-5-4-14(22-15)16(20)19-7-2-1-3-13(19)6-8-18-9-11-21-12-10-18/h4-5,13H,1-3,6-12H2/t13-/m0/s1. The van der Waals surface area contributed by atoms with Crippen LogP contribution in [0.25, 0.3) is 0 Å². The van der Waals surface area contributed by atoms with Gasteiger partial charge in [-0.15, -0.1) is 11.3 Å². The van der Waals surface area contributed by atoms with E-state index in [-0.39, 0.29) is 5.91 Å². The van der Waals surface area contributed by atoms with Crippen LogP contribution in [0.5, 0.6) is 0 Å². The summed E-state index contributed by atoms with van der Waals surface area (Å²) in [5.74, 6) is 0.156. The predicted molar refractivity (Wildman–Crippen MR) is 89.9 cm³/mol. The molecule has 0 radical (unpaired) electrons. The lowest BCUT2D eigenvalue weighted by molar-refractivity contribution is 0.0296. The van der Waals surface area contributed by atoms with Gasteiger partial charge in [-0.25, -0.2) is 0 Å². The van der Waals surface area contributed by atoms with Crippen LogP contribution in [0.4, 0.5) is 0 Å². The van der Waals surface area contributed by atoms with E-state index in [0.717, 1.165) is 63.5 Å². The van der Waals surface area contributed by atoms with Gasteiger partial charge in [-0.2, -0.15) is 0 Å². The van der Waals surface area contributed by atoms with Gasteiger partial charge in [0.1, 0.15) is 0 Å². The van der Waals surface area contributed by atoms with E-state index >= 15 is 0 Å². The number of thiophene rings is 1. The molecule has 3 rings (SSSR count). The van der Waals surface area contributed by atoms with Crippen molar-refractivity contribution in [2.75, 3.05) is 39.4 Å². The number of amides is 1. The first-order valence-corrected chi connectivity index (χ1v) is 9.30. The highest BCUT2D eigenvalue weighted by Gasteiger charge is 2.28. The molecule has 1 aromatic rings. The van der Waals surface area contributed by atoms with Crippen LogP contribution in [-0.2, 0) is 4.74 Å². The molecule has 0 spiro atoms. The van der Waals surface area contributed by atoms with Gasteiger partial charge in [0.25, 0.3) is 5.91 Å². The maximum absolute atomic E-state index is 12.7. The van der Waals surface area contributed by atoms with Crippen LogP contribution in [0.15, 0.2) is 12.1 Å². The third-order valence-corrected chi connectivity index (χ3v) is 5.77. The molecule has 0 unspecified atom stereocenters. The second kappa shape index (κ2) is 7.77. The Labute approximate surface area is 141 Å². The van der Waals surface area contributed by atoms with Crippen molar-refractivity contribution < 1.29 is 9.53 Å². The van der Waals surface area contributed by atoms with Crippen LogP contribution in [-0.4, -0.2) is 61.1 Å². The molecule has 1 aromatic heterocycles. The second-order valence-electron chi connectivity index (χ2n) is 5.99. The molecule has 1 atom stereocenters. The van der Waals surface area contributed by atoms with Crippen molar-refractivity contribution in [3.05, 3.63) is 21.3 Å². The maximum atomic E-state index is 12.7. The largest absolute Gasteiger partial charge is 0.379 e. The number of morpholine rings is 1. The number of nitrogens with zero attached hydrogens (tertiary/aromatic N) is 2. The molecule has 0 aliphatic carbocycles. The minimum atomic E-state index is 0.156. The molecule has 2 fully saturated rings. The van der Waals surface area contributed by atoms with Crippen molar-refractivity contribution in [1.29, 1.82) is 0 Å². The number of piperidine rings is 1. The molecule has 6 heteroatoms. The molecule has 0 aromatic carbocycles. The number of carbonyl (C=O) groups is 1. The van der Waals surface area contributed by atoms with Gasteiger partial charge in [0, 0.05) is 32.2 Å². The molecule has 1 amide bonds. The van der Waals surface area contributed by atoms with E-state index in [9.17, 15) is 4.79 Å². The highest BCUT2D eigenvalue weighted by Crippen LogP contribution is 2.27. The summed E-state index contributed by atoms with van der Waals surface area (Å²) in [5, 5.41) is 0. The molecule has 2 saturated heterocycles. The number of likely N-dealkylation sites (tertiary alicyclic amines) is 1. The Morgan fingerprint density at radius 1 is 1.27 bits per heavy atom. The Morgan fingerprint density at radius 2 is 2.09 bits per heavy atom. The molecule has 3 heterocycles. The number of rotatable bonds is 4. The average molecular weight is 343 g/mol. The zero-order valence-corrected chi connectivity index (χ0v) is 14.4. The fourth-order valence-corrected chi connectivity index (χ4v) is 4.29. The van der Waals surface area contributed by atoms with Gasteiger partial charge in [-0.1, -0.05) is 11.6 Å². The number of halogens is 1. The lowest BCUT2D eigenvalue weighted by Gasteiger charge is -2.37. The van der Waals surface area contributed by atoms with Crippen molar-refractivity contribution in [2.45, 2.75) is 31.7 Å². The van der Waals surface area contributed by atoms with Crippen LogP contribution >= 0.6 is 22.9 Å². The Bertz CT molecular complexity index is 502. The van der Waals surface area contributed by atoms with Gasteiger partial charge < -0.3 is 9.64 Å². The van der Waals surface area contributed by atoms with E-state index in [0.29, 0.717) is 10.4 Å². The van der Waals surface area contributed by atoms with E-state index in [2.05, 4.69) is 9.80 Å². The van der Waals surface area contributed by atoms with Gasteiger partial charge in [0.2, 0.25) is 0 Å². The summed E-state index contributed by atoms with van der Waals surface area (Å²) in [5.41, 5.74) is 0. The SMILES string of the molecule is O=C(c1ccc(Cl)s1)N1CCCC[C@H]1CCN1CCOCC1. The van der Waals surface area contributed by atoms with Crippen molar-refractivity contribution in [3.8, 4) is 0 Å². The lowest BCUT2D eigenvalue weighted by atomic mass is 9.98. The molecule has 2 aliphatic heterocycles.